The number of ketones is 1. The van der Waals surface area contributed by atoms with Crippen LogP contribution < -0.4 is 4.74 Å². The molecule has 2 aromatic rings. The number of hydrogen-bond acceptors (Lipinski definition) is 3. The smallest absolute Gasteiger partial charge is 0.163 e. The van der Waals surface area contributed by atoms with E-state index in [1.165, 1.54) is 11.1 Å². The molecule has 1 aliphatic heterocycles. The molecule has 3 nitrogen and oxygen atoms in total. The molecule has 0 N–H and O–H groups in total. The van der Waals surface area contributed by atoms with Crippen LogP contribution in [0.1, 0.15) is 40.2 Å². The summed E-state index contributed by atoms with van der Waals surface area (Å²) in [6.07, 6.45) is 1.66. The van der Waals surface area contributed by atoms with Gasteiger partial charge in [0.1, 0.15) is 5.75 Å². The van der Waals surface area contributed by atoms with Crippen LogP contribution in [0.4, 0.5) is 0 Å². The molecule has 2 atom stereocenters. The van der Waals surface area contributed by atoms with E-state index in [9.17, 15) is 4.79 Å². The number of carbonyl (C=O) groups excluding carboxylic acids is 1. The van der Waals surface area contributed by atoms with E-state index in [1.807, 2.05) is 12.1 Å². The first-order valence-electron chi connectivity index (χ1n) is 8.72. The number of ether oxygens (including phenoxy) is 1. The fourth-order valence-electron chi connectivity index (χ4n) is 4.26. The predicted octanol–water partition coefficient (Wildman–Crippen LogP) is 3.89. The molecule has 3 heteroatoms. The average Bonchev–Trinajstić information content (AvgIpc) is 2.97. The zero-order chi connectivity index (χ0) is 16.5. The predicted molar refractivity (Wildman–Crippen MR) is 94.5 cm³/mol. The van der Waals surface area contributed by atoms with Gasteiger partial charge in [-0.2, -0.15) is 0 Å². The van der Waals surface area contributed by atoms with Crippen LogP contribution in [0.15, 0.2) is 48.5 Å². The largest absolute Gasteiger partial charge is 0.497 e. The van der Waals surface area contributed by atoms with Crippen LogP contribution >= 0.6 is 0 Å². The van der Waals surface area contributed by atoms with E-state index in [1.54, 1.807) is 7.11 Å². The van der Waals surface area contributed by atoms with E-state index in [0.717, 1.165) is 37.4 Å². The summed E-state index contributed by atoms with van der Waals surface area (Å²) in [6, 6.07) is 16.6. The number of benzene rings is 2. The van der Waals surface area contributed by atoms with Gasteiger partial charge in [0.15, 0.2) is 5.78 Å². The molecule has 0 amide bonds. The van der Waals surface area contributed by atoms with E-state index >= 15 is 0 Å². The highest BCUT2D eigenvalue weighted by Gasteiger charge is 2.38. The lowest BCUT2D eigenvalue weighted by Gasteiger charge is -2.18. The molecule has 0 saturated carbocycles. The van der Waals surface area contributed by atoms with Crippen molar-refractivity contribution in [2.75, 3.05) is 20.2 Å². The second kappa shape index (κ2) is 6.40. The highest BCUT2D eigenvalue weighted by Crippen LogP contribution is 2.41. The Hall–Kier alpha value is -2.13. The SMILES string of the molecule is COc1ccc2c(c1)[C@@H]1CN(Cc3ccccc3)C[C@H]1CCC2=O. The van der Waals surface area contributed by atoms with Crippen LogP contribution in [-0.2, 0) is 6.54 Å². The summed E-state index contributed by atoms with van der Waals surface area (Å²) < 4.78 is 5.40. The standard InChI is InChI=1S/C21H23NO2/c1-24-17-8-9-18-19(11-17)20-14-22(12-15-5-3-2-4-6-15)13-16(20)7-10-21(18)23/h2-6,8-9,11,16,20H,7,10,12-14H2,1H3/t16-,20-/m1/s1. The molecule has 1 saturated heterocycles. The monoisotopic (exact) mass is 321 g/mol. The van der Waals surface area contributed by atoms with E-state index in [-0.39, 0.29) is 5.78 Å². The average molecular weight is 321 g/mol. The van der Waals surface area contributed by atoms with Gasteiger partial charge in [-0.05, 0) is 41.7 Å². The normalized spacial score (nSPS) is 23.5. The van der Waals surface area contributed by atoms with Gasteiger partial charge in [0.25, 0.3) is 0 Å². The molecule has 0 radical (unpaired) electrons. The summed E-state index contributed by atoms with van der Waals surface area (Å²) in [5, 5.41) is 0. The summed E-state index contributed by atoms with van der Waals surface area (Å²) in [6.45, 7) is 3.08. The number of fused-ring (bicyclic) bond motifs is 3. The third-order valence-electron chi connectivity index (χ3n) is 5.47. The van der Waals surface area contributed by atoms with Gasteiger partial charge in [-0.25, -0.2) is 0 Å². The molecular weight excluding hydrogens is 298 g/mol. The lowest BCUT2D eigenvalue weighted by molar-refractivity contribution is 0.0977. The molecule has 1 heterocycles. The number of nitrogens with zero attached hydrogens (tertiary/aromatic N) is 1. The molecule has 2 aromatic carbocycles. The van der Waals surface area contributed by atoms with Crippen molar-refractivity contribution in [1.29, 1.82) is 0 Å². The Morgan fingerprint density at radius 1 is 1.12 bits per heavy atom. The van der Waals surface area contributed by atoms with Crippen LogP contribution in [-0.4, -0.2) is 30.9 Å². The van der Waals surface area contributed by atoms with Crippen molar-refractivity contribution in [1.82, 2.24) is 4.90 Å². The highest BCUT2D eigenvalue weighted by atomic mass is 16.5. The van der Waals surface area contributed by atoms with Crippen LogP contribution in [0.5, 0.6) is 5.75 Å². The Bertz CT molecular complexity index is 741. The molecule has 124 valence electrons. The van der Waals surface area contributed by atoms with Crippen molar-refractivity contribution >= 4 is 5.78 Å². The first kappa shape index (κ1) is 15.4. The Kier molecular flexibility index (Phi) is 4.11. The topological polar surface area (TPSA) is 29.5 Å². The summed E-state index contributed by atoms with van der Waals surface area (Å²) in [5.74, 6) is 2.14. The lowest BCUT2D eigenvalue weighted by atomic mass is 9.87. The van der Waals surface area contributed by atoms with Crippen LogP contribution in [0.2, 0.25) is 0 Å². The van der Waals surface area contributed by atoms with Gasteiger partial charge in [0.05, 0.1) is 7.11 Å². The van der Waals surface area contributed by atoms with Crippen molar-refractivity contribution in [3.63, 3.8) is 0 Å². The van der Waals surface area contributed by atoms with Gasteiger partial charge in [-0.3, -0.25) is 9.69 Å². The van der Waals surface area contributed by atoms with Crippen molar-refractivity contribution in [2.45, 2.75) is 25.3 Å². The van der Waals surface area contributed by atoms with E-state index in [4.69, 9.17) is 4.74 Å². The molecule has 24 heavy (non-hydrogen) atoms. The summed E-state index contributed by atoms with van der Waals surface area (Å²) >= 11 is 0. The fourth-order valence-corrected chi connectivity index (χ4v) is 4.26. The van der Waals surface area contributed by atoms with Gasteiger partial charge in [0.2, 0.25) is 0 Å². The van der Waals surface area contributed by atoms with Gasteiger partial charge >= 0.3 is 0 Å². The van der Waals surface area contributed by atoms with Crippen molar-refractivity contribution in [3.05, 3.63) is 65.2 Å². The number of Topliss-reactive ketones (excluding diaryl/α,β-unsaturated/α-hetero) is 1. The molecular formula is C21H23NO2. The number of carbonyl (C=O) groups is 1. The molecule has 0 aromatic heterocycles. The maximum Gasteiger partial charge on any atom is 0.163 e. The number of likely N-dealkylation sites (tertiary alicyclic amines) is 1. The molecule has 0 spiro atoms. The maximum absolute atomic E-state index is 12.5. The first-order chi connectivity index (χ1) is 11.7. The summed E-state index contributed by atoms with van der Waals surface area (Å²) in [4.78, 5) is 15.0. The van der Waals surface area contributed by atoms with Crippen LogP contribution in [0.25, 0.3) is 0 Å². The minimum Gasteiger partial charge on any atom is -0.497 e. The van der Waals surface area contributed by atoms with E-state index in [2.05, 4.69) is 41.3 Å². The first-order valence-corrected chi connectivity index (χ1v) is 8.72. The Labute approximate surface area is 143 Å². The van der Waals surface area contributed by atoms with E-state index in [0.29, 0.717) is 18.3 Å². The minimum atomic E-state index is 0.289. The number of methoxy groups -OCH3 is 1. The minimum absolute atomic E-state index is 0.289. The Balaban J connectivity index is 1.61. The zero-order valence-corrected chi connectivity index (χ0v) is 14.1. The third kappa shape index (κ3) is 2.84. The molecule has 0 bridgehead atoms. The van der Waals surface area contributed by atoms with Gasteiger partial charge in [-0.15, -0.1) is 0 Å². The molecule has 1 aliphatic carbocycles. The third-order valence-corrected chi connectivity index (χ3v) is 5.47. The quantitative estimate of drug-likeness (QED) is 0.859. The maximum atomic E-state index is 12.5. The van der Waals surface area contributed by atoms with Crippen molar-refractivity contribution in [3.8, 4) is 5.75 Å². The van der Waals surface area contributed by atoms with Gasteiger partial charge < -0.3 is 4.74 Å². The van der Waals surface area contributed by atoms with E-state index < -0.39 is 0 Å². The Morgan fingerprint density at radius 2 is 1.96 bits per heavy atom. The van der Waals surface area contributed by atoms with Crippen molar-refractivity contribution in [2.24, 2.45) is 5.92 Å². The van der Waals surface area contributed by atoms with Crippen LogP contribution in [0, 0.1) is 5.92 Å². The summed E-state index contributed by atoms with van der Waals surface area (Å²) in [5.41, 5.74) is 3.46. The van der Waals surface area contributed by atoms with Gasteiger partial charge in [0, 0.05) is 37.5 Å². The molecule has 2 aliphatic rings. The Morgan fingerprint density at radius 3 is 2.75 bits per heavy atom. The highest BCUT2D eigenvalue weighted by molar-refractivity contribution is 5.98. The molecule has 1 fully saturated rings. The number of rotatable bonds is 3. The second-order valence-electron chi connectivity index (χ2n) is 6.96. The van der Waals surface area contributed by atoms with Gasteiger partial charge in [-0.1, -0.05) is 30.3 Å². The number of hydrogen-bond donors (Lipinski definition) is 0. The molecule has 4 rings (SSSR count). The van der Waals surface area contributed by atoms with Crippen LogP contribution in [0.3, 0.4) is 0 Å². The lowest BCUT2D eigenvalue weighted by Crippen LogP contribution is -2.21. The van der Waals surface area contributed by atoms with Crippen molar-refractivity contribution < 1.29 is 9.53 Å². The summed E-state index contributed by atoms with van der Waals surface area (Å²) in [7, 11) is 1.69. The zero-order valence-electron chi connectivity index (χ0n) is 14.1. The second-order valence-corrected chi connectivity index (χ2v) is 6.96. The fraction of sp³-hybridized carbons (Fsp3) is 0.381. The molecule has 0 unspecified atom stereocenters.